The summed E-state index contributed by atoms with van der Waals surface area (Å²) in [5, 5.41) is 0. The van der Waals surface area contributed by atoms with Crippen LogP contribution in [0.15, 0.2) is 36.7 Å². The van der Waals surface area contributed by atoms with Crippen molar-refractivity contribution in [2.45, 2.75) is 12.8 Å². The van der Waals surface area contributed by atoms with E-state index < -0.39 is 0 Å². The molecule has 0 spiro atoms. The molecule has 0 bridgehead atoms. The molecule has 0 amide bonds. The molecule has 0 aliphatic carbocycles. The van der Waals surface area contributed by atoms with E-state index in [4.69, 9.17) is 11.6 Å². The van der Waals surface area contributed by atoms with Gasteiger partial charge >= 0.3 is 0 Å². The Kier molecular flexibility index (Phi) is 2.97. The highest BCUT2D eigenvalue weighted by Gasteiger charge is 2.00. The van der Waals surface area contributed by atoms with Crippen LogP contribution >= 0.6 is 11.6 Å². The highest BCUT2D eigenvalue weighted by atomic mass is 35.5. The van der Waals surface area contributed by atoms with Crippen molar-refractivity contribution < 1.29 is 0 Å². The van der Waals surface area contributed by atoms with Crippen LogP contribution < -0.4 is 0 Å². The Hall–Kier alpha value is -1.41. The molecule has 1 aromatic heterocycles. The summed E-state index contributed by atoms with van der Waals surface area (Å²) in [4.78, 5) is 8.54. The first-order valence-electron chi connectivity index (χ1n) is 4.73. The highest BCUT2D eigenvalue weighted by Crippen LogP contribution is 2.16. The summed E-state index contributed by atoms with van der Waals surface area (Å²) in [6, 6.07) is 7.96. The van der Waals surface area contributed by atoms with Crippen molar-refractivity contribution in [1.29, 1.82) is 0 Å². The molecule has 1 aromatic carbocycles. The lowest BCUT2D eigenvalue weighted by Gasteiger charge is -2.01. The fraction of sp³-hybridized carbons (Fsp3) is 0.167. The van der Waals surface area contributed by atoms with E-state index in [1.165, 1.54) is 0 Å². The molecule has 0 N–H and O–H groups in total. The predicted octanol–water partition coefficient (Wildman–Crippen LogP) is 3.19. The van der Waals surface area contributed by atoms with Crippen LogP contribution in [0.3, 0.4) is 0 Å². The van der Waals surface area contributed by atoms with Gasteiger partial charge in [-0.05, 0) is 24.1 Å². The van der Waals surface area contributed by atoms with Crippen LogP contribution in [0.4, 0.5) is 0 Å². The third-order valence-corrected chi connectivity index (χ3v) is 2.43. The number of benzene rings is 1. The lowest BCUT2D eigenvalue weighted by Crippen LogP contribution is -1.89. The normalized spacial score (nSPS) is 10.3. The topological polar surface area (TPSA) is 25.8 Å². The third-order valence-electron chi connectivity index (χ3n) is 2.12. The minimum Gasteiger partial charge on any atom is -0.236 e. The van der Waals surface area contributed by atoms with Crippen LogP contribution in [0.2, 0.25) is 0 Å². The molecule has 0 fully saturated rings. The molecule has 1 heterocycles. The van der Waals surface area contributed by atoms with Crippen molar-refractivity contribution in [1.82, 2.24) is 9.97 Å². The number of nitrogens with zero attached hydrogens (tertiary/aromatic N) is 2. The summed E-state index contributed by atoms with van der Waals surface area (Å²) in [6.07, 6.45) is 3.63. The molecule has 3 heteroatoms. The van der Waals surface area contributed by atoms with Crippen LogP contribution in [0, 0.1) is 6.92 Å². The van der Waals surface area contributed by atoms with Gasteiger partial charge in [-0.1, -0.05) is 18.2 Å². The number of hydrogen-bond donors (Lipinski definition) is 0. The van der Waals surface area contributed by atoms with Crippen molar-refractivity contribution in [3.8, 4) is 11.4 Å². The molecule has 2 nitrogen and oxygen atoms in total. The van der Waals surface area contributed by atoms with Crippen LogP contribution in [-0.4, -0.2) is 9.97 Å². The molecule has 2 aromatic rings. The standard InChI is InChI=1S/C12H11ClN2/c1-9-7-14-12(15-8-9)11-4-2-3-10(5-11)6-13/h2-5,7-8H,6H2,1H3. The van der Waals surface area contributed by atoms with E-state index in [0.717, 1.165) is 22.5 Å². The SMILES string of the molecule is Cc1cnc(-c2cccc(CCl)c2)nc1. The third kappa shape index (κ3) is 2.34. The van der Waals surface area contributed by atoms with Crippen LogP contribution in [0.1, 0.15) is 11.1 Å². The summed E-state index contributed by atoms with van der Waals surface area (Å²) < 4.78 is 0. The maximum Gasteiger partial charge on any atom is 0.159 e. The molecule has 0 radical (unpaired) electrons. The van der Waals surface area contributed by atoms with Crippen molar-refractivity contribution in [3.05, 3.63) is 47.8 Å². The van der Waals surface area contributed by atoms with Crippen molar-refractivity contribution in [3.63, 3.8) is 0 Å². The Morgan fingerprint density at radius 3 is 2.60 bits per heavy atom. The first kappa shape index (κ1) is 10.1. The summed E-state index contributed by atoms with van der Waals surface area (Å²) in [6.45, 7) is 1.97. The van der Waals surface area contributed by atoms with Gasteiger partial charge in [-0.15, -0.1) is 11.6 Å². The van der Waals surface area contributed by atoms with E-state index in [-0.39, 0.29) is 0 Å². The first-order valence-corrected chi connectivity index (χ1v) is 5.27. The molecule has 76 valence electrons. The molecule has 15 heavy (non-hydrogen) atoms. The van der Waals surface area contributed by atoms with Crippen molar-refractivity contribution >= 4 is 11.6 Å². The highest BCUT2D eigenvalue weighted by molar-refractivity contribution is 6.17. The molecule has 0 aliphatic heterocycles. The quantitative estimate of drug-likeness (QED) is 0.724. The smallest absolute Gasteiger partial charge is 0.159 e. The minimum atomic E-state index is 0.514. The van der Waals surface area contributed by atoms with Crippen LogP contribution in [0.25, 0.3) is 11.4 Å². The average molecular weight is 219 g/mol. The maximum absolute atomic E-state index is 5.77. The number of rotatable bonds is 2. The number of halogens is 1. The lowest BCUT2D eigenvalue weighted by molar-refractivity contribution is 1.14. The molecule has 0 saturated heterocycles. The molecular formula is C12H11ClN2. The number of hydrogen-bond acceptors (Lipinski definition) is 2. The van der Waals surface area contributed by atoms with Gasteiger partial charge in [0.05, 0.1) is 0 Å². The van der Waals surface area contributed by atoms with E-state index in [1.807, 2.05) is 43.6 Å². The van der Waals surface area contributed by atoms with Gasteiger partial charge in [-0.3, -0.25) is 0 Å². The van der Waals surface area contributed by atoms with E-state index in [0.29, 0.717) is 5.88 Å². The fourth-order valence-electron chi connectivity index (χ4n) is 1.34. The summed E-state index contributed by atoms with van der Waals surface area (Å²) in [7, 11) is 0. The molecular weight excluding hydrogens is 208 g/mol. The van der Waals surface area contributed by atoms with Crippen LogP contribution in [0.5, 0.6) is 0 Å². The van der Waals surface area contributed by atoms with E-state index in [1.54, 1.807) is 0 Å². The summed E-state index contributed by atoms with van der Waals surface area (Å²) in [5.74, 6) is 1.26. The second-order valence-corrected chi connectivity index (χ2v) is 3.69. The maximum atomic E-state index is 5.77. The minimum absolute atomic E-state index is 0.514. The Bertz CT molecular complexity index is 451. The van der Waals surface area contributed by atoms with Crippen molar-refractivity contribution in [2.24, 2.45) is 0 Å². The zero-order valence-electron chi connectivity index (χ0n) is 8.44. The zero-order chi connectivity index (χ0) is 10.7. The van der Waals surface area contributed by atoms with Gasteiger partial charge in [-0.25, -0.2) is 9.97 Å². The number of aromatic nitrogens is 2. The second kappa shape index (κ2) is 4.41. The van der Waals surface area contributed by atoms with Gasteiger partial charge in [0, 0.05) is 23.8 Å². The first-order chi connectivity index (χ1) is 7.29. The van der Waals surface area contributed by atoms with Gasteiger partial charge in [0.1, 0.15) is 0 Å². The molecule has 0 atom stereocenters. The van der Waals surface area contributed by atoms with Gasteiger partial charge in [0.15, 0.2) is 5.82 Å². The lowest BCUT2D eigenvalue weighted by atomic mass is 10.1. The van der Waals surface area contributed by atoms with Gasteiger partial charge in [-0.2, -0.15) is 0 Å². The monoisotopic (exact) mass is 218 g/mol. The van der Waals surface area contributed by atoms with E-state index in [2.05, 4.69) is 9.97 Å². The number of alkyl halides is 1. The average Bonchev–Trinajstić information content (AvgIpc) is 2.30. The molecule has 2 rings (SSSR count). The van der Waals surface area contributed by atoms with Gasteiger partial charge in [0.25, 0.3) is 0 Å². The number of aryl methyl sites for hydroxylation is 1. The van der Waals surface area contributed by atoms with Crippen LogP contribution in [-0.2, 0) is 5.88 Å². The zero-order valence-corrected chi connectivity index (χ0v) is 9.20. The Balaban J connectivity index is 2.40. The second-order valence-electron chi connectivity index (χ2n) is 3.42. The Labute approximate surface area is 94.0 Å². The molecule has 0 unspecified atom stereocenters. The Morgan fingerprint density at radius 2 is 1.93 bits per heavy atom. The fourth-order valence-corrected chi connectivity index (χ4v) is 1.50. The van der Waals surface area contributed by atoms with Gasteiger partial charge < -0.3 is 0 Å². The predicted molar refractivity (Wildman–Crippen MR) is 61.8 cm³/mol. The summed E-state index contributed by atoms with van der Waals surface area (Å²) >= 11 is 5.77. The van der Waals surface area contributed by atoms with Crippen molar-refractivity contribution in [2.75, 3.05) is 0 Å². The van der Waals surface area contributed by atoms with Gasteiger partial charge in [0.2, 0.25) is 0 Å². The molecule has 0 aliphatic rings. The molecule has 0 saturated carbocycles. The summed E-state index contributed by atoms with van der Waals surface area (Å²) in [5.41, 5.74) is 3.15. The van der Waals surface area contributed by atoms with E-state index >= 15 is 0 Å². The van der Waals surface area contributed by atoms with E-state index in [9.17, 15) is 0 Å². The Morgan fingerprint density at radius 1 is 1.20 bits per heavy atom. The largest absolute Gasteiger partial charge is 0.236 e.